The van der Waals surface area contributed by atoms with Crippen molar-refractivity contribution >= 4 is 17.9 Å². The molecular formula is C25H30N4OS. The number of aromatic nitrogens is 2. The summed E-state index contributed by atoms with van der Waals surface area (Å²) in [5.74, 6) is 0.709. The lowest BCUT2D eigenvalue weighted by Gasteiger charge is -2.28. The Hall–Kier alpha value is -2.57. The fraction of sp³-hybridized carbons (Fsp3) is 0.360. The second-order valence-corrected chi connectivity index (χ2v) is 9.45. The Labute approximate surface area is 189 Å². The van der Waals surface area contributed by atoms with E-state index < -0.39 is 0 Å². The topological polar surface area (TPSA) is 50.2 Å². The molecule has 0 spiro atoms. The quantitative estimate of drug-likeness (QED) is 0.556. The number of nitrogens with zero attached hydrogens (tertiary/aromatic N) is 3. The van der Waals surface area contributed by atoms with Crippen molar-refractivity contribution in [3.05, 3.63) is 83.4 Å². The Morgan fingerprint density at radius 3 is 2.52 bits per heavy atom. The van der Waals surface area contributed by atoms with Gasteiger partial charge in [0.2, 0.25) is 0 Å². The molecule has 0 bridgehead atoms. The van der Waals surface area contributed by atoms with Crippen LogP contribution in [0.5, 0.6) is 0 Å². The number of benzene rings is 1. The van der Waals surface area contributed by atoms with Gasteiger partial charge in [-0.3, -0.25) is 9.78 Å². The second kappa shape index (κ2) is 9.71. The van der Waals surface area contributed by atoms with Gasteiger partial charge in [0.1, 0.15) is 5.69 Å². The molecule has 1 N–H and O–H groups in total. The lowest BCUT2D eigenvalue weighted by molar-refractivity contribution is 0.0934. The highest BCUT2D eigenvalue weighted by Crippen LogP contribution is 2.32. The fourth-order valence-corrected chi connectivity index (χ4v) is 5.03. The standard InChI is InChI=1S/C25H30N4OS/c1-18-12-15-29(16-13-18)31-23-17-22(28(3)19(23)2)25(30)27-24(20-9-5-4-6-10-20)21-11-7-8-14-26-21/h4-11,14,17-18,24H,12-13,15-16H2,1-3H3,(H,27,30). The minimum atomic E-state index is -0.301. The van der Waals surface area contributed by atoms with Gasteiger partial charge in [-0.25, -0.2) is 4.31 Å². The van der Waals surface area contributed by atoms with Crippen LogP contribution >= 0.6 is 11.9 Å². The van der Waals surface area contributed by atoms with Crippen molar-refractivity contribution in [3.8, 4) is 0 Å². The van der Waals surface area contributed by atoms with Crippen LogP contribution in [-0.4, -0.2) is 32.9 Å². The van der Waals surface area contributed by atoms with Gasteiger partial charge in [0.25, 0.3) is 5.91 Å². The normalized spacial score (nSPS) is 16.2. The van der Waals surface area contributed by atoms with E-state index in [0.717, 1.165) is 40.9 Å². The highest BCUT2D eigenvalue weighted by molar-refractivity contribution is 7.97. The van der Waals surface area contributed by atoms with E-state index in [9.17, 15) is 4.79 Å². The number of rotatable bonds is 6. The summed E-state index contributed by atoms with van der Waals surface area (Å²) >= 11 is 1.78. The summed E-state index contributed by atoms with van der Waals surface area (Å²) in [5, 5.41) is 3.21. The molecule has 3 aromatic rings. The summed E-state index contributed by atoms with van der Waals surface area (Å²) in [5.41, 5.74) is 3.62. The van der Waals surface area contributed by atoms with E-state index in [1.807, 2.05) is 66.2 Å². The summed E-state index contributed by atoms with van der Waals surface area (Å²) < 4.78 is 4.41. The summed E-state index contributed by atoms with van der Waals surface area (Å²) in [7, 11) is 1.96. The average molecular weight is 435 g/mol. The van der Waals surface area contributed by atoms with Crippen LogP contribution in [0.15, 0.2) is 65.7 Å². The zero-order valence-electron chi connectivity index (χ0n) is 18.4. The van der Waals surface area contributed by atoms with Gasteiger partial charge in [-0.15, -0.1) is 0 Å². The SMILES string of the molecule is Cc1c(SN2CCC(C)CC2)cc(C(=O)NC(c2ccccc2)c2ccccn2)n1C. The van der Waals surface area contributed by atoms with Gasteiger partial charge >= 0.3 is 0 Å². The molecule has 4 rings (SSSR count). The van der Waals surface area contributed by atoms with Gasteiger partial charge in [-0.05, 0) is 61.4 Å². The minimum Gasteiger partial charge on any atom is -0.343 e. The summed E-state index contributed by atoms with van der Waals surface area (Å²) in [6, 6.07) is 17.5. The molecule has 1 aromatic carbocycles. The van der Waals surface area contributed by atoms with Crippen LogP contribution in [0.3, 0.4) is 0 Å². The number of pyridine rings is 1. The Bertz CT molecular complexity index is 971. The second-order valence-electron chi connectivity index (χ2n) is 8.31. The molecule has 1 fully saturated rings. The molecule has 1 aliphatic rings. The van der Waals surface area contributed by atoms with Crippen molar-refractivity contribution < 1.29 is 4.79 Å². The third-order valence-electron chi connectivity index (χ3n) is 6.08. The third kappa shape index (κ3) is 5.02. The summed E-state index contributed by atoms with van der Waals surface area (Å²) in [6.07, 6.45) is 4.22. The molecule has 6 heteroatoms. The van der Waals surface area contributed by atoms with Crippen molar-refractivity contribution in [2.75, 3.05) is 13.1 Å². The molecule has 5 nitrogen and oxygen atoms in total. The minimum absolute atomic E-state index is 0.0933. The number of hydrogen-bond donors (Lipinski definition) is 1. The molecule has 1 atom stereocenters. The first-order valence-electron chi connectivity index (χ1n) is 10.9. The van der Waals surface area contributed by atoms with Crippen LogP contribution in [0.4, 0.5) is 0 Å². The zero-order chi connectivity index (χ0) is 21.8. The Morgan fingerprint density at radius 2 is 1.84 bits per heavy atom. The molecule has 1 aliphatic heterocycles. The van der Waals surface area contributed by atoms with Crippen molar-refractivity contribution in [1.29, 1.82) is 0 Å². The van der Waals surface area contributed by atoms with Crippen LogP contribution in [0, 0.1) is 12.8 Å². The third-order valence-corrected chi connectivity index (χ3v) is 7.32. The average Bonchev–Trinajstić information content (AvgIpc) is 3.08. The first-order valence-corrected chi connectivity index (χ1v) is 11.7. The molecular weight excluding hydrogens is 404 g/mol. The predicted molar refractivity (Wildman–Crippen MR) is 126 cm³/mol. The van der Waals surface area contributed by atoms with Crippen molar-refractivity contribution in [3.63, 3.8) is 0 Å². The van der Waals surface area contributed by atoms with E-state index in [-0.39, 0.29) is 11.9 Å². The molecule has 1 unspecified atom stereocenters. The first-order chi connectivity index (χ1) is 15.0. The largest absolute Gasteiger partial charge is 0.343 e. The Morgan fingerprint density at radius 1 is 1.13 bits per heavy atom. The maximum Gasteiger partial charge on any atom is 0.268 e. The molecule has 162 valence electrons. The lowest BCUT2D eigenvalue weighted by atomic mass is 10.0. The van der Waals surface area contributed by atoms with Crippen LogP contribution in [0.2, 0.25) is 0 Å². The molecule has 0 radical (unpaired) electrons. The molecule has 0 saturated carbocycles. The van der Waals surface area contributed by atoms with Gasteiger partial charge in [-0.1, -0.05) is 43.3 Å². The number of carbonyl (C=O) groups excluding carboxylic acids is 1. The maximum absolute atomic E-state index is 13.3. The summed E-state index contributed by atoms with van der Waals surface area (Å²) in [4.78, 5) is 19.0. The Balaban J connectivity index is 1.55. The highest BCUT2D eigenvalue weighted by Gasteiger charge is 2.24. The van der Waals surface area contributed by atoms with Crippen LogP contribution in [0.1, 0.15) is 53.2 Å². The molecule has 31 heavy (non-hydrogen) atoms. The van der Waals surface area contributed by atoms with E-state index in [1.165, 1.54) is 12.8 Å². The number of piperidine rings is 1. The van der Waals surface area contributed by atoms with Gasteiger partial charge in [0.05, 0.1) is 11.7 Å². The summed E-state index contributed by atoms with van der Waals surface area (Å²) in [6.45, 7) is 6.59. The molecule has 1 amide bonds. The maximum atomic E-state index is 13.3. The van der Waals surface area contributed by atoms with Crippen LogP contribution in [-0.2, 0) is 7.05 Å². The molecule has 0 aliphatic carbocycles. The van der Waals surface area contributed by atoms with E-state index in [0.29, 0.717) is 5.69 Å². The van der Waals surface area contributed by atoms with Gasteiger partial charge in [0, 0.05) is 36.9 Å². The molecule has 1 saturated heterocycles. The lowest BCUT2D eigenvalue weighted by Crippen LogP contribution is -2.31. The van der Waals surface area contributed by atoms with Gasteiger partial charge in [-0.2, -0.15) is 0 Å². The first kappa shape index (κ1) is 21.7. The number of nitrogens with one attached hydrogen (secondary N) is 1. The zero-order valence-corrected chi connectivity index (χ0v) is 19.2. The van der Waals surface area contributed by atoms with E-state index in [4.69, 9.17) is 0 Å². The van der Waals surface area contributed by atoms with E-state index >= 15 is 0 Å². The van der Waals surface area contributed by atoms with E-state index in [2.05, 4.69) is 28.5 Å². The number of amides is 1. The predicted octanol–water partition coefficient (Wildman–Crippen LogP) is 4.99. The highest BCUT2D eigenvalue weighted by atomic mass is 32.2. The molecule has 2 aromatic heterocycles. The molecule has 3 heterocycles. The van der Waals surface area contributed by atoms with Gasteiger partial charge in [0.15, 0.2) is 0 Å². The number of carbonyl (C=O) groups is 1. The van der Waals surface area contributed by atoms with Crippen molar-refractivity contribution in [2.45, 2.75) is 37.6 Å². The Kier molecular flexibility index (Phi) is 6.78. The fourth-order valence-electron chi connectivity index (χ4n) is 3.92. The van der Waals surface area contributed by atoms with Crippen molar-refractivity contribution in [2.24, 2.45) is 13.0 Å². The van der Waals surface area contributed by atoms with E-state index in [1.54, 1.807) is 18.1 Å². The van der Waals surface area contributed by atoms with Gasteiger partial charge < -0.3 is 9.88 Å². The monoisotopic (exact) mass is 434 g/mol. The van der Waals surface area contributed by atoms with Crippen LogP contribution in [0.25, 0.3) is 0 Å². The van der Waals surface area contributed by atoms with Crippen LogP contribution < -0.4 is 5.32 Å². The number of hydrogen-bond acceptors (Lipinski definition) is 4. The van der Waals surface area contributed by atoms with Crippen molar-refractivity contribution in [1.82, 2.24) is 19.2 Å². The smallest absolute Gasteiger partial charge is 0.268 e.